The van der Waals surface area contributed by atoms with Crippen LogP contribution in [-0.4, -0.2) is 12.1 Å². The lowest BCUT2D eigenvalue weighted by Gasteiger charge is -2.28. The van der Waals surface area contributed by atoms with Crippen LogP contribution in [-0.2, 0) is 16.0 Å². The highest BCUT2D eigenvalue weighted by Crippen LogP contribution is 2.34. The molecule has 0 atom stereocenters. The van der Waals surface area contributed by atoms with E-state index < -0.39 is 5.97 Å². The van der Waals surface area contributed by atoms with Gasteiger partial charge in [0.25, 0.3) is 0 Å². The van der Waals surface area contributed by atoms with Crippen molar-refractivity contribution in [2.24, 2.45) is 0 Å². The Morgan fingerprint density at radius 2 is 2.09 bits per heavy atom. The molecule has 0 saturated heterocycles. The summed E-state index contributed by atoms with van der Waals surface area (Å²) in [5, 5.41) is 0. The Balaban J connectivity index is 1.90. The van der Waals surface area contributed by atoms with Crippen LogP contribution < -0.4 is 0 Å². The second-order valence-corrected chi connectivity index (χ2v) is 6.41. The van der Waals surface area contributed by atoms with Crippen molar-refractivity contribution in [1.82, 2.24) is 0 Å². The number of carbonyl (C=O) groups is 1. The number of unbranched alkanes of at least 4 members (excludes halogenated alkanes) is 1. The first kappa shape index (κ1) is 18.0. The molecule has 0 unspecified atom stereocenters. The van der Waals surface area contributed by atoms with Crippen molar-refractivity contribution in [2.45, 2.75) is 63.9 Å². The van der Waals surface area contributed by atoms with Gasteiger partial charge in [-0.1, -0.05) is 37.1 Å². The van der Waals surface area contributed by atoms with Gasteiger partial charge in [0.1, 0.15) is 11.9 Å². The van der Waals surface area contributed by atoms with Gasteiger partial charge in [0.05, 0.1) is 0 Å². The lowest BCUT2D eigenvalue weighted by Crippen LogP contribution is -2.23. The van der Waals surface area contributed by atoms with Gasteiger partial charge in [-0.05, 0) is 61.6 Å². The Hall–Kier alpha value is -1.35. The maximum atomic E-state index is 14.2. The largest absolute Gasteiger partial charge is 0.459 e. The number of halogens is 2. The molecule has 4 heteroatoms. The molecule has 1 aliphatic rings. The van der Waals surface area contributed by atoms with Gasteiger partial charge in [0.2, 0.25) is 0 Å². The monoisotopic (exact) mass is 338 g/mol. The zero-order valence-corrected chi connectivity index (χ0v) is 14.3. The summed E-state index contributed by atoms with van der Waals surface area (Å²) >= 11 is 5.36. The highest BCUT2D eigenvalue weighted by molar-refractivity contribution is 6.26. The van der Waals surface area contributed by atoms with E-state index in [1.165, 1.54) is 6.08 Å². The zero-order chi connectivity index (χ0) is 16.7. The number of esters is 1. The maximum absolute atomic E-state index is 14.2. The average Bonchev–Trinajstić information content (AvgIpc) is 2.54. The number of carbonyl (C=O) groups excluding carboxylic acids is 1. The number of aryl methyl sites for hydroxylation is 1. The van der Waals surface area contributed by atoms with E-state index in [0.29, 0.717) is 5.92 Å². The van der Waals surface area contributed by atoms with Crippen molar-refractivity contribution < 1.29 is 13.9 Å². The van der Waals surface area contributed by atoms with E-state index in [0.717, 1.165) is 61.6 Å². The van der Waals surface area contributed by atoms with Gasteiger partial charge in [0, 0.05) is 11.6 Å². The summed E-state index contributed by atoms with van der Waals surface area (Å²) in [7, 11) is 0. The summed E-state index contributed by atoms with van der Waals surface area (Å²) in [4.78, 5) is 11.4. The Bertz CT molecular complexity index is 548. The van der Waals surface area contributed by atoms with Gasteiger partial charge in [0.15, 0.2) is 0 Å². The number of hydrogen-bond donors (Lipinski definition) is 0. The van der Waals surface area contributed by atoms with Crippen LogP contribution in [0, 0.1) is 5.82 Å². The zero-order valence-electron chi connectivity index (χ0n) is 13.6. The van der Waals surface area contributed by atoms with E-state index in [-0.39, 0.29) is 11.9 Å². The lowest BCUT2D eigenvalue weighted by atomic mass is 9.82. The molecule has 1 aromatic rings. The highest BCUT2D eigenvalue weighted by Gasteiger charge is 2.24. The van der Waals surface area contributed by atoms with Crippen molar-refractivity contribution >= 4 is 17.6 Å². The number of hydrogen-bond acceptors (Lipinski definition) is 2. The van der Waals surface area contributed by atoms with Crippen LogP contribution in [0.15, 0.2) is 29.8 Å². The molecule has 0 spiro atoms. The van der Waals surface area contributed by atoms with Crippen LogP contribution in [0.4, 0.5) is 4.39 Å². The SMILES string of the molecule is CCCCc1ccc(C2CCC(OC(=O)/C=C/Cl)CC2)cc1F. The standard InChI is InChI=1S/C19H24ClFO2/c1-2-3-4-15-5-6-16(13-18(15)21)14-7-9-17(10-8-14)23-19(22)11-12-20/h5-6,11-14,17H,2-4,7-10H2,1H3/b12-11+. The van der Waals surface area contributed by atoms with E-state index in [1.807, 2.05) is 6.07 Å². The molecule has 2 rings (SSSR count). The van der Waals surface area contributed by atoms with Gasteiger partial charge in [-0.3, -0.25) is 0 Å². The van der Waals surface area contributed by atoms with Crippen LogP contribution in [0.1, 0.15) is 62.5 Å². The number of benzene rings is 1. The van der Waals surface area contributed by atoms with Gasteiger partial charge in [-0.2, -0.15) is 0 Å². The van der Waals surface area contributed by atoms with Crippen LogP contribution in [0.5, 0.6) is 0 Å². The molecule has 0 radical (unpaired) electrons. The molecular weight excluding hydrogens is 315 g/mol. The Morgan fingerprint density at radius 3 is 2.70 bits per heavy atom. The smallest absolute Gasteiger partial charge is 0.331 e. The molecule has 1 fully saturated rings. The molecule has 0 amide bonds. The molecule has 1 aromatic carbocycles. The van der Waals surface area contributed by atoms with Crippen LogP contribution in [0.3, 0.4) is 0 Å². The molecular formula is C19H24ClFO2. The topological polar surface area (TPSA) is 26.3 Å². The Morgan fingerprint density at radius 1 is 1.35 bits per heavy atom. The van der Waals surface area contributed by atoms with Gasteiger partial charge in [-0.25, -0.2) is 9.18 Å². The molecule has 0 N–H and O–H groups in total. The summed E-state index contributed by atoms with van der Waals surface area (Å²) in [6.07, 6.45) is 7.51. The summed E-state index contributed by atoms with van der Waals surface area (Å²) < 4.78 is 19.5. The fourth-order valence-corrected chi connectivity index (χ4v) is 3.26. The summed E-state index contributed by atoms with van der Waals surface area (Å²) in [5.41, 5.74) is 3.04. The van der Waals surface area contributed by atoms with Gasteiger partial charge >= 0.3 is 5.97 Å². The van der Waals surface area contributed by atoms with E-state index >= 15 is 0 Å². The average molecular weight is 339 g/mol. The van der Waals surface area contributed by atoms with Crippen LogP contribution >= 0.6 is 11.6 Å². The normalized spacial score (nSPS) is 21.5. The van der Waals surface area contributed by atoms with Crippen LogP contribution in [0.2, 0.25) is 0 Å². The maximum Gasteiger partial charge on any atom is 0.331 e. The van der Waals surface area contributed by atoms with Crippen molar-refractivity contribution in [2.75, 3.05) is 0 Å². The number of ether oxygens (including phenoxy) is 1. The Labute approximate surface area is 142 Å². The molecule has 1 saturated carbocycles. The second-order valence-electron chi connectivity index (χ2n) is 6.16. The van der Waals surface area contributed by atoms with E-state index in [4.69, 9.17) is 16.3 Å². The van der Waals surface area contributed by atoms with Gasteiger partial charge < -0.3 is 4.74 Å². The predicted octanol–water partition coefficient (Wildman–Crippen LogP) is 5.49. The fraction of sp³-hybridized carbons (Fsp3) is 0.526. The lowest BCUT2D eigenvalue weighted by molar-refractivity contribution is -0.144. The third-order valence-corrected chi connectivity index (χ3v) is 4.63. The fourth-order valence-electron chi connectivity index (χ4n) is 3.16. The minimum absolute atomic E-state index is 0.0553. The third-order valence-electron chi connectivity index (χ3n) is 4.50. The molecule has 1 aliphatic carbocycles. The molecule has 0 aliphatic heterocycles. The van der Waals surface area contributed by atoms with E-state index in [9.17, 15) is 9.18 Å². The Kier molecular flexibility index (Phi) is 7.10. The van der Waals surface area contributed by atoms with E-state index in [1.54, 1.807) is 6.07 Å². The van der Waals surface area contributed by atoms with Crippen molar-refractivity contribution in [3.63, 3.8) is 0 Å². The molecule has 0 aromatic heterocycles. The minimum Gasteiger partial charge on any atom is -0.459 e. The van der Waals surface area contributed by atoms with Crippen molar-refractivity contribution in [3.8, 4) is 0 Å². The van der Waals surface area contributed by atoms with Gasteiger partial charge in [-0.15, -0.1) is 0 Å². The van der Waals surface area contributed by atoms with Crippen molar-refractivity contribution in [1.29, 1.82) is 0 Å². The molecule has 2 nitrogen and oxygen atoms in total. The third kappa shape index (κ3) is 5.35. The first-order valence-electron chi connectivity index (χ1n) is 8.39. The predicted molar refractivity (Wildman–Crippen MR) is 91.1 cm³/mol. The highest BCUT2D eigenvalue weighted by atomic mass is 35.5. The van der Waals surface area contributed by atoms with E-state index in [2.05, 4.69) is 13.0 Å². The second kappa shape index (κ2) is 9.07. The van der Waals surface area contributed by atoms with Crippen LogP contribution in [0.25, 0.3) is 0 Å². The molecule has 0 heterocycles. The first-order chi connectivity index (χ1) is 11.1. The summed E-state index contributed by atoms with van der Waals surface area (Å²) in [5.74, 6) is -0.130. The summed E-state index contributed by atoms with van der Waals surface area (Å²) in [6.45, 7) is 2.11. The first-order valence-corrected chi connectivity index (χ1v) is 8.83. The molecule has 0 bridgehead atoms. The number of rotatable bonds is 6. The summed E-state index contributed by atoms with van der Waals surface area (Å²) in [6, 6.07) is 5.68. The molecule has 23 heavy (non-hydrogen) atoms. The van der Waals surface area contributed by atoms with Crippen molar-refractivity contribution in [3.05, 3.63) is 46.8 Å². The molecule has 126 valence electrons. The minimum atomic E-state index is -0.394. The quantitative estimate of drug-likeness (QED) is 0.506.